The van der Waals surface area contributed by atoms with Crippen LogP contribution in [0.25, 0.3) is 0 Å². The van der Waals surface area contributed by atoms with E-state index in [1.807, 2.05) is 6.07 Å². The third kappa shape index (κ3) is 3.36. The lowest BCUT2D eigenvalue weighted by molar-refractivity contribution is -0.179. The van der Waals surface area contributed by atoms with E-state index in [1.54, 1.807) is 6.07 Å². The van der Waals surface area contributed by atoms with Crippen molar-refractivity contribution in [1.29, 1.82) is 0 Å². The molecule has 1 aromatic carbocycles. The number of nitrogens with zero attached hydrogens (tertiary/aromatic N) is 1. The maximum Gasteiger partial charge on any atom is 0.514 e. The zero-order valence-electron chi connectivity index (χ0n) is 19.5. The highest BCUT2D eigenvalue weighted by Gasteiger charge is 2.71. The highest BCUT2D eigenvalue weighted by atomic mass is 16.7. The van der Waals surface area contributed by atoms with Gasteiger partial charge in [-0.15, -0.1) is 0 Å². The van der Waals surface area contributed by atoms with Crippen molar-refractivity contribution in [1.82, 2.24) is 4.90 Å². The van der Waals surface area contributed by atoms with Crippen LogP contribution in [0.2, 0.25) is 0 Å². The molecule has 35 heavy (non-hydrogen) atoms. The van der Waals surface area contributed by atoms with Gasteiger partial charge in [-0.05, 0) is 43.7 Å². The molecule has 1 N–H and O–H groups in total. The predicted octanol–water partition coefficient (Wildman–Crippen LogP) is 3.21. The van der Waals surface area contributed by atoms with Crippen LogP contribution in [0.4, 0.5) is 9.59 Å². The monoisotopic (exact) mass is 483 g/mol. The van der Waals surface area contributed by atoms with Crippen molar-refractivity contribution in [2.45, 2.75) is 61.7 Å². The van der Waals surface area contributed by atoms with Gasteiger partial charge in [0.2, 0.25) is 0 Å². The normalized spacial score (nSPS) is 30.2. The number of likely N-dealkylation sites (tertiary alicyclic amines) is 1. The van der Waals surface area contributed by atoms with Crippen LogP contribution in [-0.4, -0.2) is 65.5 Å². The Balaban J connectivity index is 1.57. The average Bonchev–Trinajstić information content (AvgIpc) is 3.20. The summed E-state index contributed by atoms with van der Waals surface area (Å²) in [5.41, 5.74) is -0.838. The molecule has 0 bridgehead atoms. The van der Waals surface area contributed by atoms with Crippen LogP contribution in [0.15, 0.2) is 37.4 Å². The second-order valence-corrected chi connectivity index (χ2v) is 9.46. The van der Waals surface area contributed by atoms with Crippen LogP contribution in [0, 0.1) is 0 Å². The Kier molecular flexibility index (Phi) is 5.83. The number of carbonyl (C=O) groups excluding carboxylic acids is 3. The number of hydrogen-bond donors (Lipinski definition) is 1. The quantitative estimate of drug-likeness (QED) is 0.373. The van der Waals surface area contributed by atoms with Crippen LogP contribution < -0.4 is 9.47 Å². The molecule has 1 aromatic rings. The number of carbonyl (C=O) groups is 3. The largest absolute Gasteiger partial charge is 0.514 e. The maximum absolute atomic E-state index is 13.2. The Bertz CT molecular complexity index is 1100. The number of Topliss-reactive ketones (excluding diaryl/α,β-unsaturated/α-hetero) is 1. The number of rotatable bonds is 6. The summed E-state index contributed by atoms with van der Waals surface area (Å²) < 4.78 is 21.9. The molecule has 2 fully saturated rings. The van der Waals surface area contributed by atoms with Gasteiger partial charge in [0, 0.05) is 18.5 Å². The van der Waals surface area contributed by atoms with E-state index >= 15 is 0 Å². The molecule has 9 heteroatoms. The fourth-order valence-electron chi connectivity index (χ4n) is 6.36. The molecule has 186 valence electrons. The van der Waals surface area contributed by atoms with E-state index in [0.717, 1.165) is 18.4 Å². The van der Waals surface area contributed by atoms with Gasteiger partial charge in [-0.3, -0.25) is 4.79 Å². The van der Waals surface area contributed by atoms with Crippen LogP contribution in [0.1, 0.15) is 43.2 Å². The van der Waals surface area contributed by atoms with Crippen molar-refractivity contribution >= 4 is 18.0 Å². The van der Waals surface area contributed by atoms with E-state index in [1.165, 1.54) is 17.1 Å². The van der Waals surface area contributed by atoms with E-state index in [0.29, 0.717) is 24.9 Å². The van der Waals surface area contributed by atoms with Gasteiger partial charge in [0.15, 0.2) is 23.4 Å². The summed E-state index contributed by atoms with van der Waals surface area (Å²) in [6.07, 6.45) is 3.45. The van der Waals surface area contributed by atoms with Crippen LogP contribution in [-0.2, 0) is 26.1 Å². The van der Waals surface area contributed by atoms with Crippen molar-refractivity contribution < 1.29 is 38.4 Å². The minimum atomic E-state index is -1.42. The van der Waals surface area contributed by atoms with Gasteiger partial charge in [-0.1, -0.05) is 31.4 Å². The zero-order valence-corrected chi connectivity index (χ0v) is 19.5. The first kappa shape index (κ1) is 23.4. The molecule has 1 spiro atoms. The third-order valence-electron chi connectivity index (χ3n) is 7.81. The van der Waals surface area contributed by atoms with Gasteiger partial charge < -0.3 is 29.0 Å². The molecule has 2 heterocycles. The molecule has 2 aliphatic heterocycles. The molecule has 4 atom stereocenters. The smallest absolute Gasteiger partial charge is 0.477 e. The second kappa shape index (κ2) is 8.71. The van der Waals surface area contributed by atoms with Crippen molar-refractivity contribution in [2.75, 3.05) is 19.8 Å². The summed E-state index contributed by atoms with van der Waals surface area (Å²) in [5.74, 6) is 0.315. The van der Waals surface area contributed by atoms with Gasteiger partial charge in [0.25, 0.3) is 0 Å². The Labute approximate surface area is 203 Å². The number of ketones is 1. The van der Waals surface area contributed by atoms with Gasteiger partial charge >= 0.3 is 12.2 Å². The van der Waals surface area contributed by atoms with Crippen molar-refractivity contribution in [3.05, 3.63) is 48.6 Å². The van der Waals surface area contributed by atoms with Crippen LogP contribution in [0.3, 0.4) is 0 Å². The van der Waals surface area contributed by atoms with E-state index in [2.05, 4.69) is 13.2 Å². The van der Waals surface area contributed by atoms with E-state index in [4.69, 9.17) is 18.9 Å². The highest BCUT2D eigenvalue weighted by Crippen LogP contribution is 2.63. The van der Waals surface area contributed by atoms with Crippen molar-refractivity contribution in [3.8, 4) is 11.5 Å². The van der Waals surface area contributed by atoms with Gasteiger partial charge in [0.05, 0.1) is 17.1 Å². The van der Waals surface area contributed by atoms with Crippen molar-refractivity contribution in [2.24, 2.45) is 0 Å². The first-order chi connectivity index (χ1) is 16.9. The summed E-state index contributed by atoms with van der Waals surface area (Å²) in [7, 11) is 0. The Morgan fingerprint density at radius 1 is 1.17 bits per heavy atom. The lowest BCUT2D eigenvalue weighted by Gasteiger charge is -2.59. The summed E-state index contributed by atoms with van der Waals surface area (Å²) in [5, 5.41) is 12.4. The van der Waals surface area contributed by atoms with Crippen molar-refractivity contribution in [3.63, 3.8) is 0 Å². The number of amides is 1. The molecular formula is C26H29NO8. The van der Waals surface area contributed by atoms with Crippen LogP contribution >= 0.6 is 0 Å². The van der Waals surface area contributed by atoms with Gasteiger partial charge in [-0.2, -0.15) is 0 Å². The number of aliphatic hydroxyl groups is 1. The molecule has 0 unspecified atom stereocenters. The zero-order chi connectivity index (χ0) is 24.8. The number of ether oxygens (including phenoxy) is 4. The maximum atomic E-state index is 13.2. The van der Waals surface area contributed by atoms with Crippen LogP contribution in [0.5, 0.6) is 11.5 Å². The molecule has 9 nitrogen and oxygen atoms in total. The molecular weight excluding hydrogens is 454 g/mol. The molecule has 0 radical (unpaired) electrons. The van der Waals surface area contributed by atoms with Gasteiger partial charge in [0.1, 0.15) is 13.2 Å². The Morgan fingerprint density at radius 2 is 1.94 bits per heavy atom. The lowest BCUT2D eigenvalue weighted by atomic mass is 9.51. The lowest BCUT2D eigenvalue weighted by Crippen LogP contribution is -2.75. The molecule has 2 aliphatic carbocycles. The fourth-order valence-corrected chi connectivity index (χ4v) is 6.36. The molecule has 4 aliphatic rings. The summed E-state index contributed by atoms with van der Waals surface area (Å²) in [6.45, 7) is 7.60. The summed E-state index contributed by atoms with van der Waals surface area (Å²) >= 11 is 0. The number of hydrogen-bond acceptors (Lipinski definition) is 8. The number of benzene rings is 1. The fraction of sp³-hybridized carbons (Fsp3) is 0.500. The highest BCUT2D eigenvalue weighted by molar-refractivity contribution is 5.90. The first-order valence-corrected chi connectivity index (χ1v) is 11.9. The molecule has 1 amide bonds. The molecule has 0 aromatic heterocycles. The van der Waals surface area contributed by atoms with Gasteiger partial charge in [-0.25, -0.2) is 9.59 Å². The summed E-state index contributed by atoms with van der Waals surface area (Å²) in [6, 6.07) is 2.95. The molecule has 1 saturated heterocycles. The first-order valence-electron chi connectivity index (χ1n) is 11.9. The topological polar surface area (TPSA) is 112 Å². The third-order valence-corrected chi connectivity index (χ3v) is 7.81. The molecule has 1 saturated carbocycles. The SMILES string of the molecule is C=CCOC(=O)Oc1ccc2c3c1O[C@H]1C(=O)CC[C@@](O)([C@H]4CCN4C(=O)OCC=C)[C@@]31CCC2. The minimum absolute atomic E-state index is 0.00969. The number of aryl methyl sites for hydroxylation is 1. The predicted molar refractivity (Wildman–Crippen MR) is 123 cm³/mol. The Hall–Kier alpha value is -3.33. The van der Waals surface area contributed by atoms with E-state index < -0.39 is 35.4 Å². The van der Waals surface area contributed by atoms with E-state index in [9.17, 15) is 19.5 Å². The standard InChI is InChI=1S/C26H29NO8/c1-3-14-32-23(29)27-13-10-19(27)26(31)12-9-17(28)22-25(26)11-5-6-16-7-8-18(21(35-22)20(16)25)34-24(30)33-15-4-2/h3-4,7-8,19,22,31H,1-2,5-6,9-15H2/t19-,22+,25+,26-/m1/s1. The average molecular weight is 484 g/mol. The Morgan fingerprint density at radius 3 is 2.66 bits per heavy atom. The molecule has 5 rings (SSSR count). The minimum Gasteiger partial charge on any atom is -0.477 e. The summed E-state index contributed by atoms with van der Waals surface area (Å²) in [4.78, 5) is 39.6. The van der Waals surface area contributed by atoms with E-state index in [-0.39, 0.29) is 43.3 Å². The second-order valence-electron chi connectivity index (χ2n) is 9.46.